The van der Waals surface area contributed by atoms with E-state index in [-0.39, 0.29) is 35.6 Å². The minimum Gasteiger partial charge on any atom is -0.455 e. The number of sulfonamides is 1. The molecule has 51 heavy (non-hydrogen) atoms. The SMILES string of the molecule is CNC(=O)c1c(-c2ccc(F)cc2)oc2cc(N(C)S(C)(=O)=O)c(-c3ccc4c(n3)C3Cc5c(F)cccc5N3C(CN3CC(F)(F)C3)=N4)cc12. The summed E-state index contributed by atoms with van der Waals surface area (Å²) < 4.78 is 89.6. The van der Waals surface area contributed by atoms with Crippen molar-refractivity contribution in [3.63, 3.8) is 0 Å². The number of anilines is 2. The Hall–Kier alpha value is -5.28. The minimum absolute atomic E-state index is 0.127. The molecule has 3 aromatic carbocycles. The van der Waals surface area contributed by atoms with Gasteiger partial charge in [0.25, 0.3) is 11.8 Å². The van der Waals surface area contributed by atoms with Crippen molar-refractivity contribution in [1.29, 1.82) is 0 Å². The normalized spacial score (nSPS) is 17.7. The number of likely N-dealkylation sites (tertiary alicyclic amines) is 1. The van der Waals surface area contributed by atoms with Gasteiger partial charge in [0.2, 0.25) is 10.0 Å². The van der Waals surface area contributed by atoms with E-state index in [0.717, 1.165) is 10.6 Å². The Morgan fingerprint density at radius 3 is 2.51 bits per heavy atom. The number of carbonyl (C=O) groups is 1. The molecule has 1 fully saturated rings. The lowest BCUT2D eigenvalue weighted by atomic mass is 9.99. The van der Waals surface area contributed by atoms with Crippen LogP contribution in [0.5, 0.6) is 0 Å². The van der Waals surface area contributed by atoms with Crippen LogP contribution in [0.4, 0.5) is 34.6 Å². The number of benzene rings is 3. The average Bonchev–Trinajstić information content (AvgIpc) is 3.66. The van der Waals surface area contributed by atoms with Crippen molar-refractivity contribution in [2.45, 2.75) is 18.4 Å². The summed E-state index contributed by atoms with van der Waals surface area (Å²) in [5.41, 5.74) is 3.67. The fourth-order valence-electron chi connectivity index (χ4n) is 7.08. The van der Waals surface area contributed by atoms with Crippen LogP contribution >= 0.6 is 0 Å². The van der Waals surface area contributed by atoms with Gasteiger partial charge in [0, 0.05) is 54.3 Å². The van der Waals surface area contributed by atoms with Crippen molar-refractivity contribution in [1.82, 2.24) is 15.2 Å². The summed E-state index contributed by atoms with van der Waals surface area (Å²) >= 11 is 0. The lowest BCUT2D eigenvalue weighted by Crippen LogP contribution is -2.59. The lowest BCUT2D eigenvalue weighted by molar-refractivity contribution is -0.124. The number of halogens is 4. The number of amidine groups is 1. The zero-order chi connectivity index (χ0) is 36.0. The maximum Gasteiger partial charge on any atom is 0.272 e. The molecule has 10 nitrogen and oxygen atoms in total. The number of nitrogens with zero attached hydrogens (tertiary/aromatic N) is 5. The summed E-state index contributed by atoms with van der Waals surface area (Å²) in [6.07, 6.45) is 1.29. The smallest absolute Gasteiger partial charge is 0.272 e. The number of aromatic nitrogens is 1. The molecule has 3 aliphatic heterocycles. The van der Waals surface area contributed by atoms with Gasteiger partial charge < -0.3 is 14.6 Å². The molecule has 15 heteroatoms. The highest BCUT2D eigenvalue weighted by Gasteiger charge is 2.47. The Morgan fingerprint density at radius 1 is 1.08 bits per heavy atom. The van der Waals surface area contributed by atoms with E-state index in [1.54, 1.807) is 35.2 Å². The molecule has 0 radical (unpaired) electrons. The molecule has 2 aromatic heterocycles. The highest BCUT2D eigenvalue weighted by Crippen LogP contribution is 2.48. The Bertz CT molecular complexity index is 2410. The van der Waals surface area contributed by atoms with Crippen molar-refractivity contribution < 1.29 is 35.2 Å². The van der Waals surface area contributed by atoms with Crippen LogP contribution < -0.4 is 14.5 Å². The summed E-state index contributed by atoms with van der Waals surface area (Å²) in [5.74, 6) is -3.48. The number of hydrogen-bond acceptors (Lipinski definition) is 8. The van der Waals surface area contributed by atoms with Crippen LogP contribution in [0.2, 0.25) is 0 Å². The third-order valence-corrected chi connectivity index (χ3v) is 10.8. The zero-order valence-corrected chi connectivity index (χ0v) is 28.4. The van der Waals surface area contributed by atoms with Crippen LogP contribution in [0.3, 0.4) is 0 Å². The van der Waals surface area contributed by atoms with E-state index in [1.165, 1.54) is 50.5 Å². The largest absolute Gasteiger partial charge is 0.455 e. The number of amides is 1. The molecular weight excluding hydrogens is 688 g/mol. The summed E-state index contributed by atoms with van der Waals surface area (Å²) in [4.78, 5) is 26.6. The van der Waals surface area contributed by atoms with Crippen molar-refractivity contribution in [3.8, 4) is 22.6 Å². The molecule has 1 amide bonds. The predicted molar refractivity (Wildman–Crippen MR) is 185 cm³/mol. The molecule has 1 saturated heterocycles. The van der Waals surface area contributed by atoms with Gasteiger partial charge in [-0.05, 0) is 54.6 Å². The topological polar surface area (TPSA) is 111 Å². The number of nitrogens with one attached hydrogen (secondary N) is 1. The van der Waals surface area contributed by atoms with E-state index in [4.69, 9.17) is 14.4 Å². The Balaban J connectivity index is 1.31. The van der Waals surface area contributed by atoms with Gasteiger partial charge in [-0.25, -0.2) is 36.0 Å². The van der Waals surface area contributed by atoms with Crippen LogP contribution in [0.1, 0.15) is 27.7 Å². The van der Waals surface area contributed by atoms with Crippen molar-refractivity contribution >= 4 is 49.8 Å². The van der Waals surface area contributed by atoms with Gasteiger partial charge in [-0.1, -0.05) is 6.07 Å². The van der Waals surface area contributed by atoms with Gasteiger partial charge >= 0.3 is 0 Å². The second kappa shape index (κ2) is 11.6. The summed E-state index contributed by atoms with van der Waals surface area (Å²) in [6.45, 7) is -0.681. The van der Waals surface area contributed by atoms with Crippen LogP contribution in [0.25, 0.3) is 33.6 Å². The second-order valence-corrected chi connectivity index (χ2v) is 15.0. The Kier molecular flexibility index (Phi) is 7.50. The minimum atomic E-state index is -3.82. The molecule has 1 unspecified atom stereocenters. The van der Waals surface area contributed by atoms with E-state index in [1.807, 2.05) is 4.90 Å². The molecule has 0 bridgehead atoms. The van der Waals surface area contributed by atoms with Gasteiger partial charge in [-0.3, -0.25) is 14.0 Å². The van der Waals surface area contributed by atoms with Gasteiger partial charge in [0.1, 0.15) is 28.8 Å². The number of hydrogen-bond donors (Lipinski definition) is 1. The third-order valence-electron chi connectivity index (χ3n) is 9.56. The Morgan fingerprint density at radius 2 is 1.82 bits per heavy atom. The van der Waals surface area contributed by atoms with E-state index >= 15 is 4.39 Å². The molecule has 5 aromatic rings. The van der Waals surface area contributed by atoms with Crippen LogP contribution in [0.15, 0.2) is 76.1 Å². The molecular formula is C36H30F4N6O4S. The number of rotatable bonds is 7. The quantitative estimate of drug-likeness (QED) is 0.197. The molecule has 8 rings (SSSR count). The number of pyridine rings is 1. The average molecular weight is 719 g/mol. The van der Waals surface area contributed by atoms with Gasteiger partial charge in [0.15, 0.2) is 0 Å². The van der Waals surface area contributed by atoms with E-state index in [9.17, 15) is 26.4 Å². The molecule has 1 N–H and O–H groups in total. The fraction of sp³-hybridized carbons (Fsp3) is 0.250. The predicted octanol–water partition coefficient (Wildman–Crippen LogP) is 6.29. The zero-order valence-electron chi connectivity index (χ0n) is 27.5. The van der Waals surface area contributed by atoms with Gasteiger partial charge in [-0.2, -0.15) is 0 Å². The molecule has 0 aliphatic carbocycles. The first kappa shape index (κ1) is 32.9. The monoisotopic (exact) mass is 718 g/mol. The number of furan rings is 1. The van der Waals surface area contributed by atoms with Crippen LogP contribution in [-0.2, 0) is 16.4 Å². The fourth-order valence-corrected chi connectivity index (χ4v) is 7.59. The molecule has 262 valence electrons. The van der Waals surface area contributed by atoms with Crippen LogP contribution in [0, 0.1) is 11.6 Å². The first-order chi connectivity index (χ1) is 24.2. The molecule has 0 spiro atoms. The number of alkyl halides is 2. The molecule has 3 aliphatic rings. The number of aliphatic imine (C=N–C) groups is 1. The first-order valence-electron chi connectivity index (χ1n) is 16.0. The summed E-state index contributed by atoms with van der Waals surface area (Å²) in [6, 6.07) is 16.1. The van der Waals surface area contributed by atoms with E-state index in [0.29, 0.717) is 50.7 Å². The lowest BCUT2D eigenvalue weighted by Gasteiger charge is -2.41. The van der Waals surface area contributed by atoms with Crippen molar-refractivity contribution in [2.24, 2.45) is 4.99 Å². The first-order valence-corrected chi connectivity index (χ1v) is 17.9. The number of fused-ring (bicyclic) bond motifs is 6. The summed E-state index contributed by atoms with van der Waals surface area (Å²) in [5, 5.41) is 2.98. The molecule has 0 saturated carbocycles. The second-order valence-electron chi connectivity index (χ2n) is 12.9. The van der Waals surface area contributed by atoms with Gasteiger partial charge in [0.05, 0.1) is 60.3 Å². The van der Waals surface area contributed by atoms with E-state index < -0.39 is 52.6 Å². The molecule has 5 heterocycles. The number of carbonyl (C=O) groups excluding carboxylic acids is 1. The van der Waals surface area contributed by atoms with Crippen LogP contribution in [-0.4, -0.2) is 76.0 Å². The van der Waals surface area contributed by atoms with Crippen molar-refractivity contribution in [2.75, 3.05) is 49.2 Å². The highest BCUT2D eigenvalue weighted by molar-refractivity contribution is 7.92. The molecule has 1 atom stereocenters. The third kappa shape index (κ3) is 5.51. The standard InChI is InChI=1S/C36H30F4N6O4S/c1-41-35(47)32-23-13-22(28(44(2)51(3,48)49)15-30(23)50-34(32)19-7-9-20(37)10-8-19)25-11-12-26-33(43-25)29-14-21-24(38)5-4-6-27(21)46(29)31(42-26)16-45-17-36(39,40)18-45/h4-13,15,29H,14,16-18H2,1-3H3,(H,41,47). The highest BCUT2D eigenvalue weighted by atomic mass is 32.2. The maximum atomic E-state index is 15.2. The maximum absolute atomic E-state index is 15.2. The van der Waals surface area contributed by atoms with Crippen molar-refractivity contribution in [3.05, 3.63) is 95.2 Å². The van der Waals surface area contributed by atoms with E-state index in [2.05, 4.69) is 5.32 Å². The Labute approximate surface area is 290 Å². The van der Waals surface area contributed by atoms with Gasteiger partial charge in [-0.15, -0.1) is 0 Å². The summed E-state index contributed by atoms with van der Waals surface area (Å²) in [7, 11) is -0.973.